The third kappa shape index (κ3) is 1.63. The van der Waals surface area contributed by atoms with Crippen LogP contribution in [0.4, 0.5) is 4.79 Å². The fourth-order valence-corrected chi connectivity index (χ4v) is 1.20. The second kappa shape index (κ2) is 3.47. The summed E-state index contributed by atoms with van der Waals surface area (Å²) in [5.41, 5.74) is 0. The molecule has 0 aliphatic carbocycles. The smallest absolute Gasteiger partial charge is 0.329 e. The molecular formula is C8H12N2O3. The predicted octanol–water partition coefficient (Wildman–Crippen LogP) is 0.387. The van der Waals surface area contributed by atoms with Gasteiger partial charge in [0.15, 0.2) is 6.23 Å². The molecule has 0 bridgehead atoms. The summed E-state index contributed by atoms with van der Waals surface area (Å²) >= 11 is 0. The summed E-state index contributed by atoms with van der Waals surface area (Å²) in [5.74, 6) is -0.248. The molecule has 0 spiro atoms. The first kappa shape index (κ1) is 9.57. The van der Waals surface area contributed by atoms with E-state index in [9.17, 15) is 9.59 Å². The van der Waals surface area contributed by atoms with Crippen LogP contribution in [0.5, 0.6) is 0 Å². The number of imide groups is 1. The average molecular weight is 184 g/mol. The van der Waals surface area contributed by atoms with Gasteiger partial charge in [-0.05, 0) is 6.92 Å². The number of hydrogen-bond acceptors (Lipinski definition) is 3. The van der Waals surface area contributed by atoms with E-state index >= 15 is 0 Å². The molecular weight excluding hydrogens is 172 g/mol. The van der Waals surface area contributed by atoms with Crippen LogP contribution >= 0.6 is 0 Å². The average Bonchev–Trinajstić information content (AvgIpc) is 2.27. The maximum Gasteiger partial charge on any atom is 0.329 e. The van der Waals surface area contributed by atoms with Gasteiger partial charge in [-0.1, -0.05) is 6.58 Å². The number of amides is 3. The fourth-order valence-electron chi connectivity index (χ4n) is 1.20. The SMILES string of the molecule is C=COC(C)N1C(=O)CN(C)C1=O. The summed E-state index contributed by atoms with van der Waals surface area (Å²) in [4.78, 5) is 25.0. The van der Waals surface area contributed by atoms with Crippen molar-refractivity contribution in [3.8, 4) is 0 Å². The maximum atomic E-state index is 11.3. The predicted molar refractivity (Wildman–Crippen MR) is 45.6 cm³/mol. The van der Waals surface area contributed by atoms with Crippen molar-refractivity contribution in [2.45, 2.75) is 13.2 Å². The largest absolute Gasteiger partial charge is 0.478 e. The summed E-state index contributed by atoms with van der Waals surface area (Å²) in [6.07, 6.45) is 0.631. The van der Waals surface area contributed by atoms with Crippen LogP contribution in [0.25, 0.3) is 0 Å². The number of nitrogens with zero attached hydrogens (tertiary/aromatic N) is 2. The van der Waals surface area contributed by atoms with E-state index in [4.69, 9.17) is 4.74 Å². The lowest BCUT2D eigenvalue weighted by Crippen LogP contribution is -2.39. The third-order valence-electron chi connectivity index (χ3n) is 1.83. The van der Waals surface area contributed by atoms with E-state index in [0.29, 0.717) is 0 Å². The standard InChI is InChI=1S/C8H12N2O3/c1-4-13-6(2)10-7(11)5-9(3)8(10)12/h4,6H,1,5H2,2-3H3. The van der Waals surface area contributed by atoms with Gasteiger partial charge in [0.1, 0.15) is 6.54 Å². The number of hydrogen-bond donors (Lipinski definition) is 0. The van der Waals surface area contributed by atoms with Crippen LogP contribution in [-0.4, -0.2) is 41.6 Å². The number of carbonyl (C=O) groups is 2. The quantitative estimate of drug-likeness (QED) is 0.471. The monoisotopic (exact) mass is 184 g/mol. The summed E-state index contributed by atoms with van der Waals surface area (Å²) in [6.45, 7) is 5.09. The molecule has 13 heavy (non-hydrogen) atoms. The van der Waals surface area contributed by atoms with E-state index in [1.54, 1.807) is 14.0 Å². The van der Waals surface area contributed by atoms with E-state index in [2.05, 4.69) is 6.58 Å². The molecule has 5 heteroatoms. The van der Waals surface area contributed by atoms with Gasteiger partial charge in [0.25, 0.3) is 5.91 Å². The zero-order chi connectivity index (χ0) is 10.0. The molecule has 0 aromatic carbocycles. The highest BCUT2D eigenvalue weighted by Crippen LogP contribution is 2.12. The van der Waals surface area contributed by atoms with Crippen molar-refractivity contribution in [3.05, 3.63) is 12.8 Å². The van der Waals surface area contributed by atoms with Crippen molar-refractivity contribution in [1.82, 2.24) is 9.80 Å². The molecule has 0 radical (unpaired) electrons. The Kier molecular flexibility index (Phi) is 2.55. The number of carbonyl (C=O) groups excluding carboxylic acids is 2. The molecule has 1 aliphatic heterocycles. The summed E-state index contributed by atoms with van der Waals surface area (Å²) < 4.78 is 4.94. The van der Waals surface area contributed by atoms with Crippen LogP contribution in [-0.2, 0) is 9.53 Å². The van der Waals surface area contributed by atoms with Gasteiger partial charge >= 0.3 is 6.03 Å². The first-order valence-corrected chi connectivity index (χ1v) is 3.91. The van der Waals surface area contributed by atoms with Gasteiger partial charge in [-0.2, -0.15) is 0 Å². The van der Waals surface area contributed by atoms with E-state index in [1.807, 2.05) is 0 Å². The molecule has 1 fully saturated rings. The molecule has 0 aromatic rings. The number of likely N-dealkylation sites (N-methyl/N-ethyl adjacent to an activating group) is 1. The van der Waals surface area contributed by atoms with Gasteiger partial charge in [-0.25, -0.2) is 9.69 Å². The molecule has 5 nitrogen and oxygen atoms in total. The van der Waals surface area contributed by atoms with E-state index in [0.717, 1.165) is 4.90 Å². The Morgan fingerprint density at radius 3 is 2.62 bits per heavy atom. The van der Waals surface area contributed by atoms with Crippen molar-refractivity contribution in [2.75, 3.05) is 13.6 Å². The van der Waals surface area contributed by atoms with Crippen molar-refractivity contribution in [2.24, 2.45) is 0 Å². The summed E-state index contributed by atoms with van der Waals surface area (Å²) in [7, 11) is 1.57. The molecule has 3 amide bonds. The molecule has 0 N–H and O–H groups in total. The van der Waals surface area contributed by atoms with Crippen LogP contribution < -0.4 is 0 Å². The zero-order valence-corrected chi connectivity index (χ0v) is 7.69. The molecule has 1 saturated heterocycles. The highest BCUT2D eigenvalue weighted by atomic mass is 16.5. The molecule has 0 saturated carbocycles. The fraction of sp³-hybridized carbons (Fsp3) is 0.500. The highest BCUT2D eigenvalue weighted by molar-refractivity contribution is 6.01. The van der Waals surface area contributed by atoms with E-state index < -0.39 is 6.23 Å². The Balaban J connectivity index is 2.73. The summed E-state index contributed by atoms with van der Waals surface area (Å²) in [6, 6.07) is -0.334. The van der Waals surface area contributed by atoms with Crippen molar-refractivity contribution in [1.29, 1.82) is 0 Å². The lowest BCUT2D eigenvalue weighted by Gasteiger charge is -2.20. The number of ether oxygens (including phenoxy) is 1. The Labute approximate surface area is 76.6 Å². The van der Waals surface area contributed by atoms with Crippen molar-refractivity contribution in [3.63, 3.8) is 0 Å². The van der Waals surface area contributed by atoms with Crippen LogP contribution in [0.2, 0.25) is 0 Å². The number of urea groups is 1. The molecule has 72 valence electrons. The zero-order valence-electron chi connectivity index (χ0n) is 7.69. The van der Waals surface area contributed by atoms with Crippen molar-refractivity contribution >= 4 is 11.9 Å². The van der Waals surface area contributed by atoms with Gasteiger partial charge in [0, 0.05) is 7.05 Å². The second-order valence-electron chi connectivity index (χ2n) is 2.80. The van der Waals surface area contributed by atoms with Gasteiger partial charge in [0.05, 0.1) is 6.26 Å². The van der Waals surface area contributed by atoms with E-state index in [-0.39, 0.29) is 18.5 Å². The third-order valence-corrected chi connectivity index (χ3v) is 1.83. The van der Waals surface area contributed by atoms with Gasteiger partial charge in [0.2, 0.25) is 0 Å². The minimum absolute atomic E-state index is 0.115. The Morgan fingerprint density at radius 1 is 1.62 bits per heavy atom. The lowest BCUT2D eigenvalue weighted by molar-refractivity contribution is -0.131. The van der Waals surface area contributed by atoms with Gasteiger partial charge in [-0.15, -0.1) is 0 Å². The number of rotatable bonds is 3. The van der Waals surface area contributed by atoms with Crippen LogP contribution in [0.15, 0.2) is 12.8 Å². The topological polar surface area (TPSA) is 49.9 Å². The molecule has 1 heterocycles. The highest BCUT2D eigenvalue weighted by Gasteiger charge is 2.37. The Bertz CT molecular complexity index is 252. The molecule has 1 aliphatic rings. The first-order valence-electron chi connectivity index (χ1n) is 3.91. The molecule has 1 atom stereocenters. The first-order chi connectivity index (χ1) is 6.07. The Hall–Kier alpha value is -1.52. The van der Waals surface area contributed by atoms with Gasteiger partial charge in [-0.3, -0.25) is 4.79 Å². The van der Waals surface area contributed by atoms with Gasteiger partial charge < -0.3 is 9.64 Å². The van der Waals surface area contributed by atoms with Crippen molar-refractivity contribution < 1.29 is 14.3 Å². The van der Waals surface area contributed by atoms with E-state index in [1.165, 1.54) is 11.2 Å². The Morgan fingerprint density at radius 2 is 2.23 bits per heavy atom. The summed E-state index contributed by atoms with van der Waals surface area (Å²) in [5, 5.41) is 0. The van der Waals surface area contributed by atoms with Crippen LogP contribution in [0.3, 0.4) is 0 Å². The normalized spacial score (nSPS) is 19.2. The minimum Gasteiger partial charge on any atom is -0.478 e. The molecule has 0 aromatic heterocycles. The molecule has 1 unspecified atom stereocenters. The molecule has 1 rings (SSSR count). The minimum atomic E-state index is -0.581. The lowest BCUT2D eigenvalue weighted by atomic mass is 10.5. The maximum absolute atomic E-state index is 11.3. The second-order valence-corrected chi connectivity index (χ2v) is 2.80. The van der Waals surface area contributed by atoms with Crippen LogP contribution in [0.1, 0.15) is 6.92 Å². The van der Waals surface area contributed by atoms with Crippen LogP contribution in [0, 0.1) is 0 Å².